The molecular formula is C21H32N2O2. The molecule has 2 saturated heterocycles. The Bertz CT molecular complexity index is 649. The fraction of sp³-hybridized carbons (Fsp3) is 0.714. The summed E-state index contributed by atoms with van der Waals surface area (Å²) in [6.45, 7) is 3.74. The molecule has 25 heavy (non-hydrogen) atoms. The maximum Gasteiger partial charge on any atom is 0.161 e. The van der Waals surface area contributed by atoms with Crippen molar-refractivity contribution in [2.75, 3.05) is 47.9 Å². The van der Waals surface area contributed by atoms with Crippen molar-refractivity contribution in [3.63, 3.8) is 0 Å². The van der Waals surface area contributed by atoms with Crippen LogP contribution in [0.4, 0.5) is 0 Å². The Morgan fingerprint density at radius 3 is 2.44 bits per heavy atom. The number of hydrogen-bond acceptors (Lipinski definition) is 4. The number of hydrogen-bond donors (Lipinski definition) is 0. The SMILES string of the molecule is COc1ccc([C@]23CCN(C)[C@H]2CC2(CCN(C)C2)CC3)cc1OC. The van der Waals surface area contributed by atoms with Crippen molar-refractivity contribution in [3.05, 3.63) is 23.8 Å². The van der Waals surface area contributed by atoms with Gasteiger partial charge >= 0.3 is 0 Å². The number of fused-ring (bicyclic) bond motifs is 1. The molecule has 138 valence electrons. The van der Waals surface area contributed by atoms with E-state index >= 15 is 0 Å². The van der Waals surface area contributed by atoms with Crippen LogP contribution >= 0.6 is 0 Å². The maximum absolute atomic E-state index is 5.60. The van der Waals surface area contributed by atoms with Gasteiger partial charge in [-0.15, -0.1) is 0 Å². The first-order valence-corrected chi connectivity index (χ1v) is 9.63. The predicted molar refractivity (Wildman–Crippen MR) is 101 cm³/mol. The highest BCUT2D eigenvalue weighted by Gasteiger charge is 2.55. The maximum atomic E-state index is 5.60. The van der Waals surface area contributed by atoms with Crippen LogP contribution in [-0.2, 0) is 5.41 Å². The van der Waals surface area contributed by atoms with Crippen LogP contribution in [0.25, 0.3) is 0 Å². The number of likely N-dealkylation sites (tertiary alicyclic amines) is 2. The Morgan fingerprint density at radius 2 is 1.76 bits per heavy atom. The van der Waals surface area contributed by atoms with Crippen LogP contribution in [0.15, 0.2) is 18.2 Å². The predicted octanol–water partition coefficient (Wildman–Crippen LogP) is 3.15. The standard InChI is InChI=1S/C21H32N2O2/c1-22-11-9-20(15-22)7-8-21(10-12-23(2)19(21)14-20)16-5-6-17(24-3)18(13-16)25-4/h5-6,13,19H,7-12,14-15H2,1-4H3/t19-,20?,21-/m0/s1. The zero-order valence-corrected chi connectivity index (χ0v) is 16.2. The minimum absolute atomic E-state index is 0.278. The summed E-state index contributed by atoms with van der Waals surface area (Å²) in [5.41, 5.74) is 2.26. The molecule has 2 aliphatic heterocycles. The summed E-state index contributed by atoms with van der Waals surface area (Å²) in [7, 11) is 8.05. The summed E-state index contributed by atoms with van der Waals surface area (Å²) in [5.74, 6) is 1.69. The summed E-state index contributed by atoms with van der Waals surface area (Å²) in [5, 5.41) is 0. The van der Waals surface area contributed by atoms with Gasteiger partial charge in [-0.05, 0) is 82.4 Å². The van der Waals surface area contributed by atoms with Crippen LogP contribution in [-0.4, -0.2) is 63.8 Å². The van der Waals surface area contributed by atoms with Crippen LogP contribution < -0.4 is 9.47 Å². The van der Waals surface area contributed by atoms with E-state index in [2.05, 4.69) is 42.1 Å². The van der Waals surface area contributed by atoms with E-state index in [1.165, 1.54) is 57.3 Å². The molecule has 3 aliphatic rings. The third kappa shape index (κ3) is 2.65. The van der Waals surface area contributed by atoms with Crippen molar-refractivity contribution in [2.24, 2.45) is 5.41 Å². The minimum Gasteiger partial charge on any atom is -0.493 e. The molecule has 1 aromatic carbocycles. The van der Waals surface area contributed by atoms with Gasteiger partial charge in [-0.2, -0.15) is 0 Å². The summed E-state index contributed by atoms with van der Waals surface area (Å²) in [4.78, 5) is 5.15. The number of likely N-dealkylation sites (N-methyl/N-ethyl adjacent to an activating group) is 1. The molecule has 4 heteroatoms. The highest BCUT2D eigenvalue weighted by Crippen LogP contribution is 2.56. The van der Waals surface area contributed by atoms with Gasteiger partial charge in [-0.25, -0.2) is 0 Å². The van der Waals surface area contributed by atoms with E-state index in [9.17, 15) is 0 Å². The number of ether oxygens (including phenoxy) is 2. The van der Waals surface area contributed by atoms with Gasteiger partial charge in [0, 0.05) is 18.0 Å². The Labute approximate surface area is 152 Å². The van der Waals surface area contributed by atoms with E-state index in [0.29, 0.717) is 11.5 Å². The van der Waals surface area contributed by atoms with E-state index in [1.807, 2.05) is 0 Å². The van der Waals surface area contributed by atoms with E-state index in [1.54, 1.807) is 14.2 Å². The molecule has 0 N–H and O–H groups in total. The average molecular weight is 344 g/mol. The molecule has 1 aromatic rings. The number of methoxy groups -OCH3 is 2. The van der Waals surface area contributed by atoms with Gasteiger partial charge in [0.2, 0.25) is 0 Å². The lowest BCUT2D eigenvalue weighted by atomic mass is 9.58. The van der Waals surface area contributed by atoms with Crippen LogP contribution in [0.5, 0.6) is 11.5 Å². The molecule has 1 unspecified atom stereocenters. The molecule has 3 fully saturated rings. The summed E-state index contributed by atoms with van der Waals surface area (Å²) in [6.07, 6.45) is 6.62. The molecule has 1 spiro atoms. The minimum atomic E-state index is 0.278. The monoisotopic (exact) mass is 344 g/mol. The van der Waals surface area contributed by atoms with Crippen LogP contribution in [0.2, 0.25) is 0 Å². The molecule has 0 amide bonds. The van der Waals surface area contributed by atoms with Crippen molar-refractivity contribution in [1.29, 1.82) is 0 Å². The highest BCUT2D eigenvalue weighted by molar-refractivity contribution is 5.46. The van der Waals surface area contributed by atoms with Crippen LogP contribution in [0, 0.1) is 5.41 Å². The summed E-state index contributed by atoms with van der Waals surface area (Å²) in [6, 6.07) is 7.26. The number of nitrogens with zero attached hydrogens (tertiary/aromatic N) is 2. The molecule has 0 aromatic heterocycles. The molecule has 1 saturated carbocycles. The number of benzene rings is 1. The van der Waals surface area contributed by atoms with Gasteiger partial charge in [0.15, 0.2) is 11.5 Å². The summed E-state index contributed by atoms with van der Waals surface area (Å²) < 4.78 is 11.1. The Hall–Kier alpha value is -1.26. The van der Waals surface area contributed by atoms with Crippen molar-refractivity contribution in [3.8, 4) is 11.5 Å². The first-order valence-electron chi connectivity index (χ1n) is 9.63. The van der Waals surface area contributed by atoms with Crippen LogP contribution in [0.3, 0.4) is 0 Å². The second-order valence-electron chi connectivity index (χ2n) is 8.66. The molecule has 3 atom stereocenters. The van der Waals surface area contributed by atoms with Crippen LogP contribution in [0.1, 0.15) is 37.7 Å². The zero-order valence-electron chi connectivity index (χ0n) is 16.2. The van der Waals surface area contributed by atoms with E-state index in [4.69, 9.17) is 9.47 Å². The third-order valence-electron chi connectivity index (χ3n) is 7.40. The zero-order chi connectivity index (χ0) is 17.7. The first kappa shape index (κ1) is 17.2. The van der Waals surface area contributed by atoms with Gasteiger partial charge in [-0.1, -0.05) is 6.07 Å². The molecule has 4 rings (SSSR count). The smallest absolute Gasteiger partial charge is 0.161 e. The van der Waals surface area contributed by atoms with Crippen molar-refractivity contribution in [2.45, 2.75) is 43.6 Å². The van der Waals surface area contributed by atoms with E-state index < -0.39 is 0 Å². The number of rotatable bonds is 3. The topological polar surface area (TPSA) is 24.9 Å². The molecule has 2 heterocycles. The highest BCUT2D eigenvalue weighted by atomic mass is 16.5. The lowest BCUT2D eigenvalue weighted by Gasteiger charge is -2.49. The lowest BCUT2D eigenvalue weighted by molar-refractivity contribution is 0.0751. The van der Waals surface area contributed by atoms with Gasteiger partial charge in [0.05, 0.1) is 14.2 Å². The average Bonchev–Trinajstić information content (AvgIpc) is 3.16. The Kier molecular flexibility index (Phi) is 4.24. The second kappa shape index (κ2) is 6.17. The van der Waals surface area contributed by atoms with Gasteiger partial charge in [0.1, 0.15) is 0 Å². The largest absolute Gasteiger partial charge is 0.493 e. The van der Waals surface area contributed by atoms with Crippen molar-refractivity contribution < 1.29 is 9.47 Å². The normalized spacial score (nSPS) is 35.9. The van der Waals surface area contributed by atoms with E-state index in [0.717, 1.165) is 11.5 Å². The third-order valence-corrected chi connectivity index (χ3v) is 7.40. The Morgan fingerprint density at radius 1 is 0.960 bits per heavy atom. The fourth-order valence-corrected chi connectivity index (χ4v) is 5.92. The second-order valence-corrected chi connectivity index (χ2v) is 8.66. The van der Waals surface area contributed by atoms with Gasteiger partial charge in [-0.3, -0.25) is 0 Å². The lowest BCUT2D eigenvalue weighted by Crippen LogP contribution is -2.50. The van der Waals surface area contributed by atoms with Crippen molar-refractivity contribution in [1.82, 2.24) is 9.80 Å². The van der Waals surface area contributed by atoms with Gasteiger partial charge in [0.25, 0.3) is 0 Å². The fourth-order valence-electron chi connectivity index (χ4n) is 5.92. The molecular weight excluding hydrogens is 312 g/mol. The Balaban J connectivity index is 1.68. The summed E-state index contributed by atoms with van der Waals surface area (Å²) >= 11 is 0. The molecule has 4 nitrogen and oxygen atoms in total. The van der Waals surface area contributed by atoms with Crippen molar-refractivity contribution >= 4 is 0 Å². The van der Waals surface area contributed by atoms with Gasteiger partial charge < -0.3 is 19.3 Å². The quantitative estimate of drug-likeness (QED) is 0.841. The van der Waals surface area contributed by atoms with E-state index in [-0.39, 0.29) is 5.41 Å². The molecule has 0 radical (unpaired) electrons. The first-order chi connectivity index (χ1) is 12.0. The molecule has 1 aliphatic carbocycles. The molecule has 0 bridgehead atoms.